The first-order valence-corrected chi connectivity index (χ1v) is 15.4. The van der Waals surface area contributed by atoms with Gasteiger partial charge in [-0.25, -0.2) is 14.5 Å². The molecule has 5 heterocycles. The molecule has 0 bridgehead atoms. The fourth-order valence-electron chi connectivity index (χ4n) is 6.81. The van der Waals surface area contributed by atoms with E-state index in [9.17, 15) is 14.4 Å². The number of carbonyl (C=O) groups is 3. The summed E-state index contributed by atoms with van der Waals surface area (Å²) in [6.45, 7) is 9.44. The molecular formula is C33H32BrN7O3. The molecule has 1 aromatic carbocycles. The second kappa shape index (κ2) is 10.1. The normalized spacial score (nSPS) is 20.7. The molecule has 1 aliphatic carbocycles. The third-order valence-electron chi connectivity index (χ3n) is 9.15. The van der Waals surface area contributed by atoms with Crippen molar-refractivity contribution in [2.45, 2.75) is 66.1 Å². The molecule has 1 saturated heterocycles. The zero-order chi connectivity index (χ0) is 31.1. The summed E-state index contributed by atoms with van der Waals surface area (Å²) in [4.78, 5) is 51.0. The lowest BCUT2D eigenvalue weighted by molar-refractivity contribution is -0.138. The lowest BCUT2D eigenvalue weighted by Crippen LogP contribution is -2.46. The van der Waals surface area contributed by atoms with Crippen molar-refractivity contribution in [3.63, 3.8) is 0 Å². The van der Waals surface area contributed by atoms with Crippen LogP contribution >= 0.6 is 15.9 Å². The van der Waals surface area contributed by atoms with E-state index in [0.717, 1.165) is 45.2 Å². The standard InChI is InChI=1S/C33H32BrN7O3/c1-17-6-8-27(34)36-31(17)37-32(44)25-12-33(5)13-26(33)41(25)29(43)16-39-15-24(19(3)42)23-11-22(10-18(2)30(23)39)21-7-9-28-35-20(4)38-40(28)14-21/h6-11,14-15,25-26H,12-13,16H2,1-5H3,(H,36,37,44)/t25-,26+,33-/m0/s1. The van der Waals surface area contributed by atoms with Crippen molar-refractivity contribution in [3.05, 3.63) is 75.9 Å². The van der Waals surface area contributed by atoms with Crippen LogP contribution in [0.15, 0.2) is 53.4 Å². The van der Waals surface area contributed by atoms with Gasteiger partial charge in [0.1, 0.15) is 28.8 Å². The summed E-state index contributed by atoms with van der Waals surface area (Å²) < 4.78 is 4.24. The summed E-state index contributed by atoms with van der Waals surface area (Å²) in [6, 6.07) is 11.1. The summed E-state index contributed by atoms with van der Waals surface area (Å²) in [6.07, 6.45) is 5.18. The van der Waals surface area contributed by atoms with Crippen LogP contribution in [0.1, 0.15) is 54.0 Å². The van der Waals surface area contributed by atoms with Crippen LogP contribution in [0.2, 0.25) is 0 Å². The second-order valence-corrected chi connectivity index (χ2v) is 13.3. The monoisotopic (exact) mass is 653 g/mol. The summed E-state index contributed by atoms with van der Waals surface area (Å²) in [5, 5.41) is 8.19. The average Bonchev–Trinajstić information content (AvgIpc) is 3.24. The minimum absolute atomic E-state index is 0.0134. The summed E-state index contributed by atoms with van der Waals surface area (Å²) in [5.41, 5.74) is 5.75. The molecule has 7 rings (SSSR count). The fraction of sp³-hybridized carbons (Fsp3) is 0.333. The molecule has 5 aromatic rings. The van der Waals surface area contributed by atoms with Gasteiger partial charge in [0.05, 0.1) is 5.52 Å². The lowest BCUT2D eigenvalue weighted by Gasteiger charge is -2.27. The number of carbonyl (C=O) groups excluding carboxylic acids is 3. The first-order chi connectivity index (χ1) is 20.9. The van der Waals surface area contributed by atoms with Crippen LogP contribution < -0.4 is 5.32 Å². The second-order valence-electron chi connectivity index (χ2n) is 12.5. The van der Waals surface area contributed by atoms with E-state index in [1.807, 2.05) is 61.9 Å². The Labute approximate surface area is 262 Å². The van der Waals surface area contributed by atoms with Crippen molar-refractivity contribution >= 4 is 55.9 Å². The average molecular weight is 655 g/mol. The van der Waals surface area contributed by atoms with Crippen LogP contribution in [0.3, 0.4) is 0 Å². The molecule has 1 saturated carbocycles. The Morgan fingerprint density at radius 1 is 1.00 bits per heavy atom. The van der Waals surface area contributed by atoms with Crippen LogP contribution in [0.25, 0.3) is 27.7 Å². The van der Waals surface area contributed by atoms with Gasteiger partial charge >= 0.3 is 0 Å². The van der Waals surface area contributed by atoms with Gasteiger partial charge in [-0.05, 0) is 109 Å². The largest absolute Gasteiger partial charge is 0.337 e. The molecule has 11 heteroatoms. The van der Waals surface area contributed by atoms with E-state index in [1.165, 1.54) is 0 Å². The van der Waals surface area contributed by atoms with E-state index in [2.05, 4.69) is 49.3 Å². The maximum absolute atomic E-state index is 14.0. The number of hydrogen-bond acceptors (Lipinski definition) is 6. The number of halogens is 1. The van der Waals surface area contributed by atoms with Gasteiger partial charge in [0.15, 0.2) is 11.4 Å². The molecule has 2 amide bonds. The Bertz CT molecular complexity index is 2050. The van der Waals surface area contributed by atoms with Crippen molar-refractivity contribution in [2.75, 3.05) is 5.32 Å². The maximum Gasteiger partial charge on any atom is 0.248 e. The van der Waals surface area contributed by atoms with E-state index in [0.29, 0.717) is 28.2 Å². The number of nitrogens with zero attached hydrogens (tertiary/aromatic N) is 6. The molecular weight excluding hydrogens is 622 g/mol. The molecule has 2 aliphatic rings. The Morgan fingerprint density at radius 2 is 1.80 bits per heavy atom. The number of anilines is 1. The number of ketones is 1. The zero-order valence-electron chi connectivity index (χ0n) is 25.2. The number of aryl methyl sites for hydroxylation is 3. The third kappa shape index (κ3) is 4.70. The highest BCUT2D eigenvalue weighted by molar-refractivity contribution is 9.10. The van der Waals surface area contributed by atoms with Crippen LogP contribution in [0, 0.1) is 26.2 Å². The molecule has 3 atom stereocenters. The molecule has 1 N–H and O–H groups in total. The Hall–Kier alpha value is -4.38. The van der Waals surface area contributed by atoms with Gasteiger partial charge in [-0.15, -0.1) is 0 Å². The third-order valence-corrected chi connectivity index (χ3v) is 9.59. The van der Waals surface area contributed by atoms with Gasteiger partial charge in [-0.2, -0.15) is 5.10 Å². The van der Waals surface area contributed by atoms with Crippen LogP contribution in [-0.4, -0.2) is 58.7 Å². The van der Waals surface area contributed by atoms with Gasteiger partial charge in [-0.3, -0.25) is 14.4 Å². The van der Waals surface area contributed by atoms with Crippen LogP contribution in [0.4, 0.5) is 5.82 Å². The SMILES string of the molecule is CC(=O)c1cn(CC(=O)N2[C@H](C(=O)Nc3nc(Br)ccc3C)C[C@@]3(C)C[C@@H]23)c2c(C)cc(-c3ccc4nc(C)nn4c3)cc12. The number of pyridine rings is 2. The molecule has 224 valence electrons. The van der Waals surface area contributed by atoms with Crippen molar-refractivity contribution in [3.8, 4) is 11.1 Å². The van der Waals surface area contributed by atoms with E-state index in [4.69, 9.17) is 0 Å². The predicted molar refractivity (Wildman–Crippen MR) is 170 cm³/mol. The molecule has 2 fully saturated rings. The van der Waals surface area contributed by atoms with Crippen molar-refractivity contribution < 1.29 is 14.4 Å². The van der Waals surface area contributed by atoms with Crippen LogP contribution in [-0.2, 0) is 16.1 Å². The maximum atomic E-state index is 14.0. The number of nitrogens with one attached hydrogen (secondary N) is 1. The number of amides is 2. The predicted octanol–water partition coefficient (Wildman–Crippen LogP) is 5.65. The number of benzene rings is 1. The molecule has 0 spiro atoms. The number of rotatable bonds is 6. The van der Waals surface area contributed by atoms with Gasteiger partial charge in [0.25, 0.3) is 0 Å². The summed E-state index contributed by atoms with van der Waals surface area (Å²) >= 11 is 3.37. The smallest absolute Gasteiger partial charge is 0.248 e. The number of fused-ring (bicyclic) bond motifs is 3. The summed E-state index contributed by atoms with van der Waals surface area (Å²) in [5.74, 6) is 0.721. The lowest BCUT2D eigenvalue weighted by atomic mass is 9.99. The van der Waals surface area contributed by atoms with Gasteiger partial charge in [-0.1, -0.05) is 13.0 Å². The highest BCUT2D eigenvalue weighted by Gasteiger charge is 2.64. The van der Waals surface area contributed by atoms with E-state index >= 15 is 0 Å². The van der Waals surface area contributed by atoms with Crippen molar-refractivity contribution in [2.24, 2.45) is 5.41 Å². The minimum atomic E-state index is -0.594. The van der Waals surface area contributed by atoms with Crippen molar-refractivity contribution in [1.82, 2.24) is 29.0 Å². The Balaban J connectivity index is 1.21. The molecule has 4 aromatic heterocycles. The minimum Gasteiger partial charge on any atom is -0.337 e. The van der Waals surface area contributed by atoms with Gasteiger partial charge in [0.2, 0.25) is 11.8 Å². The highest BCUT2D eigenvalue weighted by Crippen LogP contribution is 2.59. The first-order valence-electron chi connectivity index (χ1n) is 14.6. The highest BCUT2D eigenvalue weighted by atomic mass is 79.9. The van der Waals surface area contributed by atoms with E-state index < -0.39 is 6.04 Å². The Kier molecular flexibility index (Phi) is 6.51. The molecule has 0 radical (unpaired) electrons. The summed E-state index contributed by atoms with van der Waals surface area (Å²) in [7, 11) is 0. The molecule has 10 nitrogen and oxygen atoms in total. The molecule has 44 heavy (non-hydrogen) atoms. The molecule has 1 aliphatic heterocycles. The fourth-order valence-corrected chi connectivity index (χ4v) is 7.12. The van der Waals surface area contributed by atoms with Gasteiger partial charge in [0, 0.05) is 34.9 Å². The topological polar surface area (TPSA) is 114 Å². The van der Waals surface area contributed by atoms with Crippen molar-refractivity contribution in [1.29, 1.82) is 0 Å². The molecule has 0 unspecified atom stereocenters. The van der Waals surface area contributed by atoms with E-state index in [-0.39, 0.29) is 35.6 Å². The Morgan fingerprint density at radius 3 is 2.57 bits per heavy atom. The number of hydrogen-bond donors (Lipinski definition) is 1. The quantitative estimate of drug-likeness (QED) is 0.187. The van der Waals surface area contributed by atoms with Crippen LogP contribution in [0.5, 0.6) is 0 Å². The number of Topliss-reactive ketones (excluding diaryl/α,β-unsaturated/α-hetero) is 1. The number of aromatic nitrogens is 5. The van der Waals surface area contributed by atoms with Gasteiger partial charge < -0.3 is 14.8 Å². The zero-order valence-corrected chi connectivity index (χ0v) is 26.8. The first kappa shape index (κ1) is 28.4. The number of likely N-dealkylation sites (tertiary alicyclic amines) is 1. The van der Waals surface area contributed by atoms with E-state index in [1.54, 1.807) is 22.5 Å². The number of piperidine rings is 1.